The number of benzene rings is 3. The number of carbonyl (C=O) groups excluding carboxylic acids is 2. The second kappa shape index (κ2) is 15.1. The van der Waals surface area contributed by atoms with Crippen LogP contribution < -0.4 is 5.32 Å². The summed E-state index contributed by atoms with van der Waals surface area (Å²) in [6, 6.07) is 22.7. The third kappa shape index (κ3) is 9.41. The number of thioether (sulfide) groups is 1. The third-order valence-electron chi connectivity index (χ3n) is 6.07. The molecule has 37 heavy (non-hydrogen) atoms. The van der Waals surface area contributed by atoms with E-state index in [1.54, 1.807) is 28.8 Å². The molecule has 0 aromatic heterocycles. The van der Waals surface area contributed by atoms with E-state index in [1.165, 1.54) is 5.56 Å². The standard InChI is InChI=1S/C30H34Cl2N2O2S/c1-3-4-16-33-30(36)28(17-23-8-6-5-7-9-23)34(19-25-14-15-26(31)18-27(25)32)29(35)21-37-20-24-12-10-22(2)11-13-24/h5-15,18,28H,3-4,16-17,19-21H2,1-2H3,(H,33,36)/t28-/m0/s1. The highest BCUT2D eigenvalue weighted by atomic mass is 35.5. The maximum Gasteiger partial charge on any atom is 0.243 e. The van der Waals surface area contributed by atoms with Crippen molar-refractivity contribution in [2.75, 3.05) is 12.3 Å². The van der Waals surface area contributed by atoms with Crippen LogP contribution >= 0.6 is 35.0 Å². The molecule has 0 fully saturated rings. The van der Waals surface area contributed by atoms with Gasteiger partial charge in [0.2, 0.25) is 11.8 Å². The van der Waals surface area contributed by atoms with E-state index < -0.39 is 6.04 Å². The molecule has 0 unspecified atom stereocenters. The van der Waals surface area contributed by atoms with E-state index in [4.69, 9.17) is 23.2 Å². The summed E-state index contributed by atoms with van der Waals surface area (Å²) >= 11 is 14.2. The molecular formula is C30H34Cl2N2O2S. The Labute approximate surface area is 234 Å². The van der Waals surface area contributed by atoms with Crippen LogP contribution in [0.15, 0.2) is 72.8 Å². The second-order valence-corrected chi connectivity index (χ2v) is 10.9. The zero-order chi connectivity index (χ0) is 26.6. The lowest BCUT2D eigenvalue weighted by molar-refractivity contribution is -0.139. The molecule has 1 N–H and O–H groups in total. The Morgan fingerprint density at radius 3 is 2.38 bits per heavy atom. The number of nitrogens with zero attached hydrogens (tertiary/aromatic N) is 1. The summed E-state index contributed by atoms with van der Waals surface area (Å²) < 4.78 is 0. The molecule has 7 heteroatoms. The number of hydrogen-bond acceptors (Lipinski definition) is 3. The van der Waals surface area contributed by atoms with Gasteiger partial charge in [-0.2, -0.15) is 0 Å². The molecule has 2 amide bonds. The van der Waals surface area contributed by atoms with Gasteiger partial charge in [-0.3, -0.25) is 9.59 Å². The largest absolute Gasteiger partial charge is 0.354 e. The normalized spacial score (nSPS) is 11.7. The minimum absolute atomic E-state index is 0.102. The van der Waals surface area contributed by atoms with Crippen LogP contribution in [0.2, 0.25) is 10.0 Å². The van der Waals surface area contributed by atoms with E-state index in [1.807, 2.05) is 36.4 Å². The number of unbranched alkanes of at least 4 members (excludes halogenated alkanes) is 1. The Morgan fingerprint density at radius 1 is 0.973 bits per heavy atom. The summed E-state index contributed by atoms with van der Waals surface area (Å²) in [5, 5.41) is 4.04. The van der Waals surface area contributed by atoms with Gasteiger partial charge in [0.1, 0.15) is 6.04 Å². The number of nitrogens with one attached hydrogen (secondary N) is 1. The zero-order valence-electron chi connectivity index (χ0n) is 21.4. The topological polar surface area (TPSA) is 49.4 Å². The van der Waals surface area contributed by atoms with Gasteiger partial charge in [-0.05, 0) is 42.2 Å². The van der Waals surface area contributed by atoms with E-state index in [2.05, 4.69) is 43.4 Å². The van der Waals surface area contributed by atoms with Crippen molar-refractivity contribution in [3.8, 4) is 0 Å². The lowest BCUT2D eigenvalue weighted by Crippen LogP contribution is -2.51. The summed E-state index contributed by atoms with van der Waals surface area (Å²) in [6.45, 7) is 4.93. The number of amides is 2. The van der Waals surface area contributed by atoms with Crippen LogP contribution in [0.4, 0.5) is 0 Å². The van der Waals surface area contributed by atoms with Crippen molar-refractivity contribution in [3.63, 3.8) is 0 Å². The number of halogens is 2. The molecule has 0 heterocycles. The number of aryl methyl sites for hydroxylation is 1. The van der Waals surface area contributed by atoms with Crippen molar-refractivity contribution < 1.29 is 9.59 Å². The lowest BCUT2D eigenvalue weighted by Gasteiger charge is -2.32. The highest BCUT2D eigenvalue weighted by molar-refractivity contribution is 7.99. The van der Waals surface area contributed by atoms with Gasteiger partial charge < -0.3 is 10.2 Å². The average molecular weight is 558 g/mol. The average Bonchev–Trinajstić information content (AvgIpc) is 2.89. The molecule has 3 aromatic rings. The fourth-order valence-electron chi connectivity index (χ4n) is 3.92. The highest BCUT2D eigenvalue weighted by Gasteiger charge is 2.30. The maximum absolute atomic E-state index is 13.7. The molecule has 196 valence electrons. The van der Waals surface area contributed by atoms with Crippen LogP contribution in [0, 0.1) is 6.92 Å². The van der Waals surface area contributed by atoms with E-state index in [9.17, 15) is 9.59 Å². The summed E-state index contributed by atoms with van der Waals surface area (Å²) in [4.78, 5) is 28.8. The van der Waals surface area contributed by atoms with Crippen molar-refractivity contribution in [3.05, 3.63) is 105 Å². The Bertz CT molecular complexity index is 1160. The Kier molecular flexibility index (Phi) is 11.8. The first kappa shape index (κ1) is 29.1. The molecule has 1 atom stereocenters. The fourth-order valence-corrected chi connectivity index (χ4v) is 5.26. The quantitative estimate of drug-likeness (QED) is 0.228. The minimum Gasteiger partial charge on any atom is -0.354 e. The molecule has 3 rings (SSSR count). The molecule has 0 aliphatic rings. The molecule has 0 saturated carbocycles. The van der Waals surface area contributed by atoms with Gasteiger partial charge >= 0.3 is 0 Å². The highest BCUT2D eigenvalue weighted by Crippen LogP contribution is 2.25. The predicted molar refractivity (Wildman–Crippen MR) is 156 cm³/mol. The molecule has 0 aliphatic carbocycles. The first-order valence-electron chi connectivity index (χ1n) is 12.6. The maximum atomic E-state index is 13.7. The third-order valence-corrected chi connectivity index (χ3v) is 7.65. The van der Waals surface area contributed by atoms with Crippen molar-refractivity contribution >= 4 is 46.8 Å². The molecule has 0 aliphatic heterocycles. The minimum atomic E-state index is -0.668. The Hall–Kier alpha value is -2.47. The van der Waals surface area contributed by atoms with Crippen LogP contribution in [0.1, 0.15) is 42.0 Å². The Balaban J connectivity index is 1.85. The Morgan fingerprint density at radius 2 is 1.70 bits per heavy atom. The van der Waals surface area contributed by atoms with Crippen LogP contribution in [-0.4, -0.2) is 35.1 Å². The van der Waals surface area contributed by atoms with Crippen LogP contribution in [0.25, 0.3) is 0 Å². The summed E-state index contributed by atoms with van der Waals surface area (Å²) in [5.41, 5.74) is 4.11. The molecule has 0 spiro atoms. The fraction of sp³-hybridized carbons (Fsp3) is 0.333. The van der Waals surface area contributed by atoms with Crippen LogP contribution in [0.5, 0.6) is 0 Å². The van der Waals surface area contributed by atoms with Crippen molar-refractivity contribution in [2.45, 2.75) is 51.4 Å². The van der Waals surface area contributed by atoms with Gasteiger partial charge in [-0.1, -0.05) is 103 Å². The lowest BCUT2D eigenvalue weighted by atomic mass is 10.0. The molecule has 4 nitrogen and oxygen atoms in total. The predicted octanol–water partition coefficient (Wildman–Crippen LogP) is 7.09. The van der Waals surface area contributed by atoms with E-state index in [0.29, 0.717) is 28.8 Å². The van der Waals surface area contributed by atoms with Crippen molar-refractivity contribution in [2.24, 2.45) is 0 Å². The molecule has 0 bridgehead atoms. The zero-order valence-corrected chi connectivity index (χ0v) is 23.7. The number of carbonyl (C=O) groups is 2. The first-order valence-corrected chi connectivity index (χ1v) is 14.5. The van der Waals surface area contributed by atoms with Gasteiger partial charge in [0, 0.05) is 35.3 Å². The van der Waals surface area contributed by atoms with Crippen molar-refractivity contribution in [1.29, 1.82) is 0 Å². The van der Waals surface area contributed by atoms with Gasteiger partial charge in [0.05, 0.1) is 5.75 Å². The van der Waals surface area contributed by atoms with Gasteiger partial charge in [-0.15, -0.1) is 11.8 Å². The number of rotatable bonds is 13. The van der Waals surface area contributed by atoms with Gasteiger partial charge in [0.25, 0.3) is 0 Å². The second-order valence-electron chi connectivity index (χ2n) is 9.09. The summed E-state index contributed by atoms with van der Waals surface area (Å²) in [6.07, 6.45) is 2.27. The smallest absolute Gasteiger partial charge is 0.243 e. The molecule has 3 aromatic carbocycles. The van der Waals surface area contributed by atoms with E-state index in [-0.39, 0.29) is 24.1 Å². The monoisotopic (exact) mass is 556 g/mol. The summed E-state index contributed by atoms with van der Waals surface area (Å²) in [7, 11) is 0. The van der Waals surface area contributed by atoms with E-state index in [0.717, 1.165) is 29.5 Å². The molecule has 0 saturated heterocycles. The summed E-state index contributed by atoms with van der Waals surface area (Å²) in [5.74, 6) is 0.717. The van der Waals surface area contributed by atoms with Crippen LogP contribution in [0.3, 0.4) is 0 Å². The van der Waals surface area contributed by atoms with Crippen molar-refractivity contribution in [1.82, 2.24) is 10.2 Å². The van der Waals surface area contributed by atoms with E-state index >= 15 is 0 Å². The van der Waals surface area contributed by atoms with Crippen LogP contribution in [-0.2, 0) is 28.3 Å². The van der Waals surface area contributed by atoms with Gasteiger partial charge in [-0.25, -0.2) is 0 Å². The molecular weight excluding hydrogens is 523 g/mol. The SMILES string of the molecule is CCCCNC(=O)[C@H](Cc1ccccc1)N(Cc1ccc(Cl)cc1Cl)C(=O)CSCc1ccc(C)cc1. The molecule has 0 radical (unpaired) electrons. The van der Waals surface area contributed by atoms with Gasteiger partial charge in [0.15, 0.2) is 0 Å². The first-order chi connectivity index (χ1) is 17.9. The number of hydrogen-bond donors (Lipinski definition) is 1.